The largest absolute Gasteiger partial charge is 0.338 e. The molecule has 0 radical (unpaired) electrons. The Balaban J connectivity index is 2.66. The third kappa shape index (κ3) is 3.48. The number of amides is 1. The van der Waals surface area contributed by atoms with Crippen LogP contribution in [0.1, 0.15) is 53.4 Å². The van der Waals surface area contributed by atoms with Crippen LogP contribution in [0.4, 0.5) is 0 Å². The molecule has 1 rings (SSSR count). The summed E-state index contributed by atoms with van der Waals surface area (Å²) in [7, 11) is 0. The molecule has 94 valence electrons. The molecule has 0 bridgehead atoms. The van der Waals surface area contributed by atoms with Crippen LogP contribution in [0.2, 0.25) is 0 Å². The lowest BCUT2D eigenvalue weighted by Crippen LogP contribution is -2.54. The van der Waals surface area contributed by atoms with Crippen molar-refractivity contribution in [2.24, 2.45) is 11.7 Å². The minimum absolute atomic E-state index is 0.144. The maximum atomic E-state index is 12.4. The molecule has 0 aromatic carbocycles. The molecule has 1 saturated carbocycles. The Bertz CT molecular complexity index is 244. The molecule has 1 fully saturated rings. The number of hydrogen-bond acceptors (Lipinski definition) is 2. The zero-order chi connectivity index (χ0) is 12.3. The van der Waals surface area contributed by atoms with Crippen molar-refractivity contribution in [3.63, 3.8) is 0 Å². The molecule has 0 aliphatic heterocycles. The van der Waals surface area contributed by atoms with Gasteiger partial charge in [0.2, 0.25) is 5.91 Å². The van der Waals surface area contributed by atoms with Crippen molar-refractivity contribution in [1.82, 2.24) is 4.90 Å². The first kappa shape index (κ1) is 13.5. The first-order valence-electron chi connectivity index (χ1n) is 6.48. The van der Waals surface area contributed by atoms with Gasteiger partial charge in [-0.05, 0) is 32.1 Å². The molecule has 1 aliphatic carbocycles. The third-order valence-corrected chi connectivity index (χ3v) is 3.07. The molecule has 1 amide bonds. The lowest BCUT2D eigenvalue weighted by molar-refractivity contribution is -0.137. The van der Waals surface area contributed by atoms with E-state index in [-0.39, 0.29) is 5.91 Å². The van der Waals surface area contributed by atoms with Gasteiger partial charge in [-0.1, -0.05) is 27.2 Å². The van der Waals surface area contributed by atoms with Crippen molar-refractivity contribution in [3.05, 3.63) is 0 Å². The second-order valence-corrected chi connectivity index (χ2v) is 5.75. The number of rotatable bonds is 6. The zero-order valence-electron chi connectivity index (χ0n) is 11.1. The molecule has 0 saturated heterocycles. The van der Waals surface area contributed by atoms with Crippen LogP contribution in [-0.2, 0) is 4.79 Å². The highest BCUT2D eigenvalue weighted by molar-refractivity contribution is 5.86. The van der Waals surface area contributed by atoms with Crippen LogP contribution in [0.3, 0.4) is 0 Å². The maximum Gasteiger partial charge on any atom is 0.242 e. The molecular weight excluding hydrogens is 200 g/mol. The van der Waals surface area contributed by atoms with E-state index < -0.39 is 5.54 Å². The normalized spacial score (nSPS) is 19.6. The van der Waals surface area contributed by atoms with Crippen LogP contribution in [0.5, 0.6) is 0 Å². The van der Waals surface area contributed by atoms with E-state index in [0.717, 1.165) is 32.2 Å². The quantitative estimate of drug-likeness (QED) is 0.754. The summed E-state index contributed by atoms with van der Waals surface area (Å²) >= 11 is 0. The molecule has 0 aromatic heterocycles. The standard InChI is InChI=1S/C13H26N2O/c1-5-8-13(4,14)12(16)15(9-10(2)3)11-6-7-11/h10-11H,5-9,14H2,1-4H3. The molecular formula is C13H26N2O. The molecule has 2 N–H and O–H groups in total. The molecule has 1 atom stereocenters. The van der Waals surface area contributed by atoms with E-state index in [9.17, 15) is 4.79 Å². The first-order valence-corrected chi connectivity index (χ1v) is 6.48. The van der Waals surface area contributed by atoms with Gasteiger partial charge in [-0.3, -0.25) is 4.79 Å². The predicted molar refractivity (Wildman–Crippen MR) is 67.1 cm³/mol. The van der Waals surface area contributed by atoms with Gasteiger partial charge in [0.15, 0.2) is 0 Å². The lowest BCUT2D eigenvalue weighted by Gasteiger charge is -2.33. The molecule has 0 spiro atoms. The van der Waals surface area contributed by atoms with Gasteiger partial charge in [0.25, 0.3) is 0 Å². The van der Waals surface area contributed by atoms with E-state index in [0.29, 0.717) is 12.0 Å². The van der Waals surface area contributed by atoms with Crippen LogP contribution in [0.25, 0.3) is 0 Å². The fraction of sp³-hybridized carbons (Fsp3) is 0.923. The van der Waals surface area contributed by atoms with Gasteiger partial charge in [-0.2, -0.15) is 0 Å². The van der Waals surface area contributed by atoms with Gasteiger partial charge in [0, 0.05) is 12.6 Å². The topological polar surface area (TPSA) is 46.3 Å². The van der Waals surface area contributed by atoms with E-state index in [2.05, 4.69) is 20.8 Å². The molecule has 0 aromatic rings. The van der Waals surface area contributed by atoms with Crippen molar-refractivity contribution >= 4 is 5.91 Å². The second-order valence-electron chi connectivity index (χ2n) is 5.75. The van der Waals surface area contributed by atoms with Gasteiger partial charge in [0.1, 0.15) is 0 Å². The molecule has 1 aliphatic rings. The van der Waals surface area contributed by atoms with Gasteiger partial charge >= 0.3 is 0 Å². The molecule has 16 heavy (non-hydrogen) atoms. The Morgan fingerprint density at radius 1 is 1.50 bits per heavy atom. The Labute approximate surface area is 99.4 Å². The lowest BCUT2D eigenvalue weighted by atomic mass is 9.95. The summed E-state index contributed by atoms with van der Waals surface area (Å²) in [5.74, 6) is 0.660. The van der Waals surface area contributed by atoms with Crippen molar-refractivity contribution in [2.75, 3.05) is 6.54 Å². The van der Waals surface area contributed by atoms with E-state index >= 15 is 0 Å². The Morgan fingerprint density at radius 2 is 2.06 bits per heavy atom. The smallest absolute Gasteiger partial charge is 0.242 e. The van der Waals surface area contributed by atoms with Crippen LogP contribution >= 0.6 is 0 Å². The second kappa shape index (κ2) is 5.17. The van der Waals surface area contributed by atoms with Crippen molar-refractivity contribution < 1.29 is 4.79 Å². The van der Waals surface area contributed by atoms with Gasteiger partial charge in [0.05, 0.1) is 5.54 Å². The highest BCUT2D eigenvalue weighted by Crippen LogP contribution is 2.30. The van der Waals surface area contributed by atoms with Crippen LogP contribution < -0.4 is 5.73 Å². The van der Waals surface area contributed by atoms with Crippen LogP contribution in [-0.4, -0.2) is 28.9 Å². The summed E-state index contributed by atoms with van der Waals surface area (Å²) in [5, 5.41) is 0. The summed E-state index contributed by atoms with van der Waals surface area (Å²) in [6.45, 7) is 9.09. The SMILES string of the molecule is CCCC(C)(N)C(=O)N(CC(C)C)C1CC1. The highest BCUT2D eigenvalue weighted by Gasteiger charge is 2.39. The summed E-state index contributed by atoms with van der Waals surface area (Å²) in [6, 6.07) is 0.467. The number of nitrogens with two attached hydrogens (primary N) is 1. The van der Waals surface area contributed by atoms with Crippen LogP contribution in [0, 0.1) is 5.92 Å². The van der Waals surface area contributed by atoms with Crippen LogP contribution in [0.15, 0.2) is 0 Å². The fourth-order valence-electron chi connectivity index (χ4n) is 2.13. The molecule has 1 unspecified atom stereocenters. The molecule has 3 nitrogen and oxygen atoms in total. The van der Waals surface area contributed by atoms with Crippen molar-refractivity contribution in [1.29, 1.82) is 0 Å². The average molecular weight is 226 g/mol. The van der Waals surface area contributed by atoms with Gasteiger partial charge < -0.3 is 10.6 Å². The average Bonchev–Trinajstić information content (AvgIpc) is 2.95. The van der Waals surface area contributed by atoms with Gasteiger partial charge in [-0.25, -0.2) is 0 Å². The molecule has 3 heteroatoms. The van der Waals surface area contributed by atoms with Crippen molar-refractivity contribution in [2.45, 2.75) is 65.0 Å². The number of carbonyl (C=O) groups excluding carboxylic acids is 1. The van der Waals surface area contributed by atoms with E-state index in [1.165, 1.54) is 0 Å². The van der Waals surface area contributed by atoms with Crippen molar-refractivity contribution in [3.8, 4) is 0 Å². The Kier molecular flexibility index (Phi) is 4.36. The third-order valence-electron chi connectivity index (χ3n) is 3.07. The van der Waals surface area contributed by atoms with E-state index in [4.69, 9.17) is 5.73 Å². The monoisotopic (exact) mass is 226 g/mol. The maximum absolute atomic E-state index is 12.4. The number of carbonyl (C=O) groups is 1. The zero-order valence-corrected chi connectivity index (χ0v) is 11.1. The summed E-state index contributed by atoms with van der Waals surface area (Å²) in [6.07, 6.45) is 4.04. The summed E-state index contributed by atoms with van der Waals surface area (Å²) < 4.78 is 0. The summed E-state index contributed by atoms with van der Waals surface area (Å²) in [5.41, 5.74) is 5.45. The number of hydrogen-bond donors (Lipinski definition) is 1. The number of nitrogens with zero attached hydrogens (tertiary/aromatic N) is 1. The van der Waals surface area contributed by atoms with E-state index in [1.807, 2.05) is 11.8 Å². The minimum Gasteiger partial charge on any atom is -0.338 e. The molecule has 0 heterocycles. The van der Waals surface area contributed by atoms with E-state index in [1.54, 1.807) is 0 Å². The fourth-order valence-corrected chi connectivity index (χ4v) is 2.13. The highest BCUT2D eigenvalue weighted by atomic mass is 16.2. The first-order chi connectivity index (χ1) is 7.38. The minimum atomic E-state index is -0.674. The summed E-state index contributed by atoms with van der Waals surface area (Å²) in [4.78, 5) is 14.4. The Hall–Kier alpha value is -0.570. The van der Waals surface area contributed by atoms with Gasteiger partial charge in [-0.15, -0.1) is 0 Å². The Morgan fingerprint density at radius 3 is 2.44 bits per heavy atom. The predicted octanol–water partition coefficient (Wildman–Crippen LogP) is 2.15.